The molecule has 3 aromatic rings. The fraction of sp³-hybridized carbons (Fsp3) is 0.227. The maximum absolute atomic E-state index is 12.4. The summed E-state index contributed by atoms with van der Waals surface area (Å²) in [6.07, 6.45) is 0. The van der Waals surface area contributed by atoms with Gasteiger partial charge in [-0.2, -0.15) is 5.10 Å². The Morgan fingerprint density at radius 3 is 2.41 bits per heavy atom. The predicted molar refractivity (Wildman–Crippen MR) is 119 cm³/mol. The Kier molecular flexibility index (Phi) is 6.75. The topological polar surface area (TPSA) is 111 Å². The Balaban J connectivity index is 1.67. The van der Waals surface area contributed by atoms with Gasteiger partial charge in [0.25, 0.3) is 5.91 Å². The molecule has 0 saturated heterocycles. The van der Waals surface area contributed by atoms with Gasteiger partial charge in [-0.1, -0.05) is 24.3 Å². The summed E-state index contributed by atoms with van der Waals surface area (Å²) in [5.74, 6) is -1.33. The Morgan fingerprint density at radius 1 is 1.06 bits per heavy atom. The van der Waals surface area contributed by atoms with E-state index < -0.39 is 28.5 Å². The molecule has 0 atom stereocenters. The number of esters is 1. The number of nitrogens with one attached hydrogen (secondary N) is 1. The van der Waals surface area contributed by atoms with Crippen molar-refractivity contribution in [2.24, 2.45) is 0 Å². The van der Waals surface area contributed by atoms with E-state index in [9.17, 15) is 18.0 Å². The van der Waals surface area contributed by atoms with Crippen LogP contribution in [0.1, 0.15) is 21.7 Å². The fourth-order valence-corrected chi connectivity index (χ4v) is 3.98. The van der Waals surface area contributed by atoms with Crippen molar-refractivity contribution < 1.29 is 22.7 Å². The molecule has 0 saturated carbocycles. The van der Waals surface area contributed by atoms with E-state index in [1.807, 2.05) is 37.3 Å². The zero-order chi connectivity index (χ0) is 23.5. The summed E-state index contributed by atoms with van der Waals surface area (Å²) in [5.41, 5.74) is 2.77. The van der Waals surface area contributed by atoms with Gasteiger partial charge >= 0.3 is 5.97 Å². The maximum Gasteiger partial charge on any atom is 0.338 e. The van der Waals surface area contributed by atoms with Crippen LogP contribution in [0.4, 0.5) is 5.69 Å². The first-order valence-electron chi connectivity index (χ1n) is 9.72. The average Bonchev–Trinajstić information content (AvgIpc) is 3.06. The van der Waals surface area contributed by atoms with Gasteiger partial charge in [0.2, 0.25) is 10.0 Å². The van der Waals surface area contributed by atoms with Crippen LogP contribution in [0.5, 0.6) is 0 Å². The Morgan fingerprint density at radius 2 is 1.75 bits per heavy atom. The van der Waals surface area contributed by atoms with Crippen LogP contribution in [-0.2, 0) is 19.6 Å². The highest BCUT2D eigenvalue weighted by molar-refractivity contribution is 7.89. The minimum Gasteiger partial charge on any atom is -0.452 e. The standard InChI is InChI=1S/C22H24N4O5S/c1-15-21(16(2)26(24-15)18-10-6-5-7-11-18)23-20(27)14-31-22(28)17-9-8-12-19(13-17)32(29,30)25(3)4/h5-13H,14H2,1-4H3,(H,23,27). The molecule has 0 bridgehead atoms. The van der Waals surface area contributed by atoms with E-state index in [2.05, 4.69) is 10.4 Å². The number of benzene rings is 2. The molecule has 9 nitrogen and oxygen atoms in total. The third kappa shape index (κ3) is 4.87. The third-order valence-corrected chi connectivity index (χ3v) is 6.55. The number of nitrogens with zero attached hydrogens (tertiary/aromatic N) is 3. The van der Waals surface area contributed by atoms with Crippen molar-refractivity contribution >= 4 is 27.6 Å². The number of ether oxygens (including phenoxy) is 1. The van der Waals surface area contributed by atoms with E-state index in [-0.39, 0.29) is 10.5 Å². The molecule has 2 aromatic carbocycles. The van der Waals surface area contributed by atoms with Crippen LogP contribution in [0, 0.1) is 13.8 Å². The van der Waals surface area contributed by atoms with Crippen LogP contribution in [0.15, 0.2) is 59.5 Å². The zero-order valence-corrected chi connectivity index (χ0v) is 19.0. The lowest BCUT2D eigenvalue weighted by atomic mass is 10.2. The molecule has 0 aliphatic heterocycles. The highest BCUT2D eigenvalue weighted by Gasteiger charge is 2.20. The quantitative estimate of drug-likeness (QED) is 0.547. The van der Waals surface area contributed by atoms with Gasteiger partial charge in [-0.05, 0) is 44.2 Å². The Hall–Kier alpha value is -3.50. The molecule has 1 aromatic heterocycles. The number of hydrogen-bond donors (Lipinski definition) is 1. The van der Waals surface area contributed by atoms with Crippen LogP contribution < -0.4 is 5.32 Å². The van der Waals surface area contributed by atoms with Gasteiger partial charge in [-0.25, -0.2) is 22.2 Å². The number of aryl methyl sites for hydroxylation is 1. The lowest BCUT2D eigenvalue weighted by Gasteiger charge is -2.12. The molecule has 0 spiro atoms. The van der Waals surface area contributed by atoms with Crippen LogP contribution in [0.3, 0.4) is 0 Å². The number of amides is 1. The number of carbonyl (C=O) groups is 2. The first-order chi connectivity index (χ1) is 15.1. The van der Waals surface area contributed by atoms with Crippen molar-refractivity contribution in [3.8, 4) is 5.69 Å². The summed E-state index contributed by atoms with van der Waals surface area (Å²) in [4.78, 5) is 24.7. The lowest BCUT2D eigenvalue weighted by molar-refractivity contribution is -0.119. The van der Waals surface area contributed by atoms with Gasteiger partial charge in [0.1, 0.15) is 0 Å². The van der Waals surface area contributed by atoms with E-state index in [0.29, 0.717) is 11.4 Å². The summed E-state index contributed by atoms with van der Waals surface area (Å²) in [5, 5.41) is 7.18. The molecular formula is C22H24N4O5S. The fourth-order valence-electron chi connectivity index (χ4n) is 3.03. The number of anilines is 1. The lowest BCUT2D eigenvalue weighted by Crippen LogP contribution is -2.23. The van der Waals surface area contributed by atoms with Gasteiger partial charge in [0.05, 0.1) is 33.2 Å². The van der Waals surface area contributed by atoms with E-state index in [1.165, 1.54) is 38.4 Å². The second kappa shape index (κ2) is 9.33. The van der Waals surface area contributed by atoms with Crippen molar-refractivity contribution in [1.29, 1.82) is 0 Å². The number of rotatable bonds is 7. The highest BCUT2D eigenvalue weighted by Crippen LogP contribution is 2.22. The molecule has 1 amide bonds. The molecule has 0 radical (unpaired) electrons. The van der Waals surface area contributed by atoms with Gasteiger partial charge < -0.3 is 10.1 Å². The van der Waals surface area contributed by atoms with Gasteiger partial charge in [0, 0.05) is 14.1 Å². The summed E-state index contributed by atoms with van der Waals surface area (Å²) in [7, 11) is -0.903. The van der Waals surface area contributed by atoms with E-state index in [1.54, 1.807) is 11.6 Å². The summed E-state index contributed by atoms with van der Waals surface area (Å²) < 4.78 is 32.3. The molecule has 0 fully saturated rings. The second-order valence-corrected chi connectivity index (χ2v) is 9.38. The van der Waals surface area contributed by atoms with Crippen LogP contribution in [-0.4, -0.2) is 55.1 Å². The molecule has 10 heteroatoms. The number of para-hydroxylation sites is 1. The molecule has 1 N–H and O–H groups in total. The normalized spacial score (nSPS) is 11.4. The van der Waals surface area contributed by atoms with Crippen molar-refractivity contribution in [2.45, 2.75) is 18.7 Å². The molecule has 0 unspecified atom stereocenters. The molecule has 1 heterocycles. The monoisotopic (exact) mass is 456 g/mol. The molecule has 168 valence electrons. The van der Waals surface area contributed by atoms with E-state index >= 15 is 0 Å². The minimum absolute atomic E-state index is 0.0324. The Bertz CT molecular complexity index is 1250. The Labute approximate surface area is 186 Å². The van der Waals surface area contributed by atoms with Crippen LogP contribution in [0.25, 0.3) is 5.69 Å². The smallest absolute Gasteiger partial charge is 0.338 e. The van der Waals surface area contributed by atoms with E-state index in [0.717, 1.165) is 15.7 Å². The summed E-state index contributed by atoms with van der Waals surface area (Å²) >= 11 is 0. The van der Waals surface area contributed by atoms with Crippen molar-refractivity contribution in [1.82, 2.24) is 14.1 Å². The molecule has 0 aliphatic carbocycles. The second-order valence-electron chi connectivity index (χ2n) is 7.23. The van der Waals surface area contributed by atoms with Gasteiger partial charge in [0.15, 0.2) is 6.61 Å². The molecular weight excluding hydrogens is 432 g/mol. The molecule has 3 rings (SSSR count). The van der Waals surface area contributed by atoms with Crippen LogP contribution >= 0.6 is 0 Å². The van der Waals surface area contributed by atoms with Gasteiger partial charge in [-0.3, -0.25) is 4.79 Å². The van der Waals surface area contributed by atoms with Crippen LogP contribution in [0.2, 0.25) is 0 Å². The van der Waals surface area contributed by atoms with Crippen molar-refractivity contribution in [3.63, 3.8) is 0 Å². The first kappa shape index (κ1) is 23.2. The third-order valence-electron chi connectivity index (χ3n) is 4.74. The number of aromatic nitrogens is 2. The highest BCUT2D eigenvalue weighted by atomic mass is 32.2. The summed E-state index contributed by atoms with van der Waals surface area (Å²) in [6, 6.07) is 14.9. The van der Waals surface area contributed by atoms with E-state index in [4.69, 9.17) is 4.74 Å². The van der Waals surface area contributed by atoms with Gasteiger partial charge in [-0.15, -0.1) is 0 Å². The number of sulfonamides is 1. The summed E-state index contributed by atoms with van der Waals surface area (Å²) in [6.45, 7) is 3.06. The first-order valence-corrected chi connectivity index (χ1v) is 11.2. The maximum atomic E-state index is 12.4. The average molecular weight is 457 g/mol. The predicted octanol–water partition coefficient (Wildman–Crippen LogP) is 2.53. The largest absolute Gasteiger partial charge is 0.452 e. The number of hydrogen-bond acceptors (Lipinski definition) is 6. The zero-order valence-electron chi connectivity index (χ0n) is 18.2. The number of carbonyl (C=O) groups excluding carboxylic acids is 2. The SMILES string of the molecule is Cc1nn(-c2ccccc2)c(C)c1NC(=O)COC(=O)c1cccc(S(=O)(=O)N(C)C)c1. The minimum atomic E-state index is -3.70. The van der Waals surface area contributed by atoms with Crippen molar-refractivity contribution in [3.05, 3.63) is 71.5 Å². The molecule has 0 aliphatic rings. The molecule has 32 heavy (non-hydrogen) atoms. The van der Waals surface area contributed by atoms with Crippen molar-refractivity contribution in [2.75, 3.05) is 26.0 Å².